The van der Waals surface area contributed by atoms with Gasteiger partial charge in [-0.2, -0.15) is 9.57 Å². The van der Waals surface area contributed by atoms with E-state index in [4.69, 9.17) is 24.2 Å². The van der Waals surface area contributed by atoms with Crippen LogP contribution in [0.5, 0.6) is 11.5 Å². The minimum absolute atomic E-state index is 0.0101. The van der Waals surface area contributed by atoms with Gasteiger partial charge in [0.2, 0.25) is 10.0 Å². The highest BCUT2D eigenvalue weighted by Gasteiger charge is 2.44. The number of carbonyl (C=O) groups is 1. The number of aliphatic hydroxyl groups excluding tert-OH is 1. The molecule has 0 aliphatic carbocycles. The molecule has 2 aliphatic rings. The summed E-state index contributed by atoms with van der Waals surface area (Å²) in [6.07, 6.45) is -2.14. The molecule has 12 nitrogen and oxygen atoms in total. The van der Waals surface area contributed by atoms with Crippen LogP contribution in [-0.2, 0) is 37.3 Å². The van der Waals surface area contributed by atoms with E-state index in [1.165, 1.54) is 22.5 Å². The zero-order valence-corrected chi connectivity index (χ0v) is 28.6. The fourth-order valence-electron chi connectivity index (χ4n) is 5.98. The number of rotatable bonds is 14. The van der Waals surface area contributed by atoms with Crippen molar-refractivity contribution in [3.05, 3.63) is 89.0 Å². The summed E-state index contributed by atoms with van der Waals surface area (Å²) in [6.45, 7) is 6.15. The van der Waals surface area contributed by atoms with E-state index in [0.717, 1.165) is 11.1 Å². The van der Waals surface area contributed by atoms with E-state index in [0.29, 0.717) is 29.9 Å². The van der Waals surface area contributed by atoms with Gasteiger partial charge in [0.25, 0.3) is 0 Å². The molecule has 2 heterocycles. The summed E-state index contributed by atoms with van der Waals surface area (Å²) < 4.78 is 51.6. The summed E-state index contributed by atoms with van der Waals surface area (Å²) in [5, 5.41) is 33.5. The molecule has 5 rings (SSSR count). The van der Waals surface area contributed by atoms with Crippen LogP contribution in [0, 0.1) is 30.1 Å². The number of nitrogens with zero attached hydrogens (tertiary/aromatic N) is 2. The van der Waals surface area contributed by atoms with Crippen molar-refractivity contribution in [1.29, 1.82) is 5.26 Å². The number of sulfonamides is 1. The van der Waals surface area contributed by atoms with Crippen molar-refractivity contribution in [2.24, 2.45) is 11.8 Å². The number of benzene rings is 3. The van der Waals surface area contributed by atoms with Gasteiger partial charge in [-0.05, 0) is 84.8 Å². The molecule has 3 N–H and O–H groups in total. The SMILES string of the molecule is Cc1cc(S(=O)(=O)N(CC(C)C)C[C@@H](O)[C@H](Cc2ccc(OCc3cccc(C#N)c3)cc2)NC(=O)OC2COC3OCCC23)ccc1O. The molecule has 5 atom stereocenters. The van der Waals surface area contributed by atoms with Gasteiger partial charge in [-0.15, -0.1) is 0 Å². The first-order valence-electron chi connectivity index (χ1n) is 16.3. The molecule has 2 aliphatic heterocycles. The lowest BCUT2D eigenvalue weighted by molar-refractivity contribution is -0.0907. The molecule has 2 fully saturated rings. The van der Waals surface area contributed by atoms with Crippen molar-refractivity contribution in [2.75, 3.05) is 26.3 Å². The quantitative estimate of drug-likeness (QED) is 0.222. The number of hydrogen-bond acceptors (Lipinski definition) is 10. The van der Waals surface area contributed by atoms with E-state index in [9.17, 15) is 23.4 Å². The molecule has 2 saturated heterocycles. The van der Waals surface area contributed by atoms with Crippen LogP contribution in [-0.4, -0.2) is 79.9 Å². The number of aromatic hydroxyl groups is 1. The standard InChI is InChI=1S/C36H43N3O9S/c1-23(2)19-39(49(43,44)29-11-12-32(40)24(3)15-29)20-33(41)31(38-36(42)48-34-22-47-35-30(34)13-14-45-35)17-25-7-9-28(10-8-25)46-21-27-6-4-5-26(16-27)18-37/h4-12,15-16,23,30-31,33-35,40-41H,13-14,17,19-22H2,1-3H3,(H,38,42)/t30?,31-,33+,34?,35?/m0/s1. The van der Waals surface area contributed by atoms with Gasteiger partial charge in [0.1, 0.15) is 24.2 Å². The number of nitrogens with one attached hydrogen (secondary N) is 1. The van der Waals surface area contributed by atoms with Crippen LogP contribution in [0.1, 0.15) is 42.5 Å². The molecule has 0 spiro atoms. The molecule has 1 amide bonds. The molecular formula is C36H43N3O9S. The Labute approximate surface area is 287 Å². The number of hydrogen-bond donors (Lipinski definition) is 3. The second-order valence-electron chi connectivity index (χ2n) is 12.9. The fourth-order valence-corrected chi connectivity index (χ4v) is 7.69. The Kier molecular flexibility index (Phi) is 11.8. The first-order chi connectivity index (χ1) is 23.4. The highest BCUT2D eigenvalue weighted by molar-refractivity contribution is 7.89. The molecule has 0 saturated carbocycles. The minimum atomic E-state index is -4.08. The molecule has 3 aromatic rings. The smallest absolute Gasteiger partial charge is 0.407 e. The normalized spacial score (nSPS) is 20.1. The summed E-state index contributed by atoms with van der Waals surface area (Å²) in [4.78, 5) is 13.2. The number of alkyl carbamates (subject to hydrolysis) is 1. The third-order valence-electron chi connectivity index (χ3n) is 8.62. The maximum Gasteiger partial charge on any atom is 0.407 e. The van der Waals surface area contributed by atoms with E-state index < -0.39 is 40.7 Å². The lowest BCUT2D eigenvalue weighted by atomic mass is 10.0. The molecular weight excluding hydrogens is 650 g/mol. The molecule has 0 radical (unpaired) electrons. The Morgan fingerprint density at radius 1 is 1.08 bits per heavy atom. The van der Waals surface area contributed by atoms with E-state index >= 15 is 0 Å². The molecule has 0 aromatic heterocycles. The summed E-state index contributed by atoms with van der Waals surface area (Å²) in [6, 6.07) is 19.5. The van der Waals surface area contributed by atoms with Gasteiger partial charge in [0.05, 0.1) is 47.8 Å². The van der Waals surface area contributed by atoms with Gasteiger partial charge in [-0.3, -0.25) is 0 Å². The van der Waals surface area contributed by atoms with E-state index in [1.807, 2.05) is 19.9 Å². The highest BCUT2D eigenvalue weighted by Crippen LogP contribution is 2.33. The van der Waals surface area contributed by atoms with E-state index in [2.05, 4.69) is 11.4 Å². The Bertz CT molecular complexity index is 1740. The highest BCUT2D eigenvalue weighted by atomic mass is 32.2. The number of ether oxygens (including phenoxy) is 4. The van der Waals surface area contributed by atoms with Crippen molar-refractivity contribution in [3.8, 4) is 17.6 Å². The zero-order chi connectivity index (χ0) is 35.1. The third kappa shape index (κ3) is 9.29. The number of phenols is 1. The Morgan fingerprint density at radius 2 is 1.86 bits per heavy atom. The summed E-state index contributed by atoms with van der Waals surface area (Å²) in [5.41, 5.74) is 2.55. The number of amides is 1. The number of carbonyl (C=O) groups excluding carboxylic acids is 1. The lowest BCUT2D eigenvalue weighted by Crippen LogP contribution is -2.51. The maximum absolute atomic E-state index is 13.8. The number of fused-ring (bicyclic) bond motifs is 1. The van der Waals surface area contributed by atoms with Crippen molar-refractivity contribution >= 4 is 16.1 Å². The summed E-state index contributed by atoms with van der Waals surface area (Å²) >= 11 is 0. The first-order valence-corrected chi connectivity index (χ1v) is 17.8. The van der Waals surface area contributed by atoms with Gasteiger partial charge in [0.15, 0.2) is 6.29 Å². The monoisotopic (exact) mass is 693 g/mol. The Hall–Kier alpha value is -4.19. The van der Waals surface area contributed by atoms with Gasteiger partial charge < -0.3 is 34.5 Å². The fraction of sp³-hybridized carbons (Fsp3) is 0.444. The third-order valence-corrected chi connectivity index (χ3v) is 10.4. The van der Waals surface area contributed by atoms with Crippen LogP contribution >= 0.6 is 0 Å². The second-order valence-corrected chi connectivity index (χ2v) is 14.8. The zero-order valence-electron chi connectivity index (χ0n) is 27.8. The molecule has 0 bridgehead atoms. The van der Waals surface area contributed by atoms with Crippen LogP contribution in [0.25, 0.3) is 0 Å². The van der Waals surface area contributed by atoms with Gasteiger partial charge >= 0.3 is 6.09 Å². The van der Waals surface area contributed by atoms with Gasteiger partial charge in [0, 0.05) is 13.1 Å². The van der Waals surface area contributed by atoms with Crippen LogP contribution in [0.2, 0.25) is 0 Å². The summed E-state index contributed by atoms with van der Waals surface area (Å²) in [5.74, 6) is 0.411. The topological polar surface area (TPSA) is 168 Å². The van der Waals surface area contributed by atoms with Crippen LogP contribution in [0.3, 0.4) is 0 Å². The van der Waals surface area contributed by atoms with Crippen LogP contribution in [0.15, 0.2) is 71.6 Å². The minimum Gasteiger partial charge on any atom is -0.508 e. The molecule has 13 heteroatoms. The van der Waals surface area contributed by atoms with E-state index in [1.54, 1.807) is 49.4 Å². The van der Waals surface area contributed by atoms with Crippen molar-refractivity contribution in [3.63, 3.8) is 0 Å². The molecule has 3 aromatic carbocycles. The van der Waals surface area contributed by atoms with Crippen molar-refractivity contribution < 1.29 is 42.4 Å². The maximum atomic E-state index is 13.8. The van der Waals surface area contributed by atoms with Crippen LogP contribution in [0.4, 0.5) is 4.79 Å². The predicted octanol–water partition coefficient (Wildman–Crippen LogP) is 4.26. The number of nitriles is 1. The summed E-state index contributed by atoms with van der Waals surface area (Å²) in [7, 11) is -4.08. The van der Waals surface area contributed by atoms with Gasteiger partial charge in [-0.1, -0.05) is 38.1 Å². The number of phenolic OH excluding ortho intramolecular Hbond substituents is 1. The predicted molar refractivity (Wildman–Crippen MR) is 179 cm³/mol. The molecule has 262 valence electrons. The first kappa shape index (κ1) is 36.1. The number of aryl methyl sites for hydroxylation is 1. The molecule has 3 unspecified atom stereocenters. The lowest BCUT2D eigenvalue weighted by Gasteiger charge is -2.31. The average molecular weight is 694 g/mol. The van der Waals surface area contributed by atoms with Crippen molar-refractivity contribution in [1.82, 2.24) is 9.62 Å². The van der Waals surface area contributed by atoms with Gasteiger partial charge in [-0.25, -0.2) is 13.2 Å². The number of aliphatic hydroxyl groups is 1. The average Bonchev–Trinajstić information content (AvgIpc) is 3.70. The largest absolute Gasteiger partial charge is 0.508 e. The van der Waals surface area contributed by atoms with Crippen molar-refractivity contribution in [2.45, 2.75) is 69.7 Å². The van der Waals surface area contributed by atoms with E-state index in [-0.39, 0.29) is 55.2 Å². The Morgan fingerprint density at radius 3 is 2.57 bits per heavy atom. The van der Waals surface area contributed by atoms with Crippen LogP contribution < -0.4 is 10.1 Å². The Balaban J connectivity index is 1.32. The molecule has 49 heavy (non-hydrogen) atoms. The second kappa shape index (κ2) is 16.0.